The third kappa shape index (κ3) is 3.72. The number of pyridine rings is 1. The molecule has 0 aliphatic rings. The van der Waals surface area contributed by atoms with Crippen LogP contribution in [0.25, 0.3) is 17.2 Å². The molecule has 0 radical (unpaired) electrons. The Hall–Kier alpha value is -3.07. The highest BCUT2D eigenvalue weighted by atomic mass is 32.2. The Balaban J connectivity index is 1.48. The summed E-state index contributed by atoms with van der Waals surface area (Å²) in [6, 6.07) is 9.51. The van der Waals surface area contributed by atoms with E-state index in [4.69, 9.17) is 4.52 Å². The van der Waals surface area contributed by atoms with Crippen LogP contribution in [0.1, 0.15) is 29.5 Å². The number of hydrogen-bond donors (Lipinski definition) is 0. The second kappa shape index (κ2) is 7.28. The van der Waals surface area contributed by atoms with Gasteiger partial charge in [-0.15, -0.1) is 10.2 Å². The molecule has 0 bridgehead atoms. The molecule has 4 aromatic rings. The summed E-state index contributed by atoms with van der Waals surface area (Å²) in [4.78, 5) is 8.46. The molecule has 0 amide bonds. The van der Waals surface area contributed by atoms with E-state index in [1.54, 1.807) is 17.1 Å². The summed E-state index contributed by atoms with van der Waals surface area (Å²) in [7, 11) is 0. The summed E-state index contributed by atoms with van der Waals surface area (Å²) in [5.41, 5.74) is 2.83. The van der Waals surface area contributed by atoms with Crippen LogP contribution < -0.4 is 0 Å². The van der Waals surface area contributed by atoms with Gasteiger partial charge in [0.25, 0.3) is 0 Å². The fourth-order valence-corrected chi connectivity index (χ4v) is 3.39. The molecule has 4 heterocycles. The zero-order valence-corrected chi connectivity index (χ0v) is 15.9. The minimum Gasteiger partial charge on any atom is -0.338 e. The summed E-state index contributed by atoms with van der Waals surface area (Å²) < 4.78 is 7.18. The van der Waals surface area contributed by atoms with E-state index in [0.717, 1.165) is 22.0 Å². The van der Waals surface area contributed by atoms with E-state index in [1.807, 2.05) is 51.1 Å². The van der Waals surface area contributed by atoms with Crippen LogP contribution in [-0.2, 0) is 0 Å². The normalized spacial score (nSPS) is 12.3. The Kier molecular flexibility index (Phi) is 4.68. The lowest BCUT2D eigenvalue weighted by atomic mass is 10.2. The minimum atomic E-state index is -0.0538. The van der Waals surface area contributed by atoms with Gasteiger partial charge in [0.05, 0.1) is 10.9 Å². The van der Waals surface area contributed by atoms with Gasteiger partial charge in [-0.1, -0.05) is 16.9 Å². The number of aromatic nitrogens is 7. The topological polar surface area (TPSA) is 95.4 Å². The Morgan fingerprint density at radius 2 is 1.89 bits per heavy atom. The molecule has 1 atom stereocenters. The number of aryl methyl sites for hydroxylation is 2. The van der Waals surface area contributed by atoms with Crippen molar-refractivity contribution >= 4 is 11.8 Å². The van der Waals surface area contributed by atoms with E-state index in [9.17, 15) is 0 Å². The van der Waals surface area contributed by atoms with Crippen LogP contribution in [0.3, 0.4) is 0 Å². The molecule has 8 nitrogen and oxygen atoms in total. The molecule has 0 aromatic carbocycles. The van der Waals surface area contributed by atoms with Gasteiger partial charge in [0, 0.05) is 23.7 Å². The highest BCUT2D eigenvalue weighted by Crippen LogP contribution is 2.33. The van der Waals surface area contributed by atoms with E-state index in [2.05, 4.69) is 30.4 Å². The quantitative estimate of drug-likeness (QED) is 0.486. The van der Waals surface area contributed by atoms with E-state index in [1.165, 1.54) is 11.8 Å². The molecule has 0 aliphatic carbocycles. The van der Waals surface area contributed by atoms with Crippen molar-refractivity contribution in [2.24, 2.45) is 0 Å². The van der Waals surface area contributed by atoms with Gasteiger partial charge >= 0.3 is 0 Å². The Morgan fingerprint density at radius 1 is 1.07 bits per heavy atom. The van der Waals surface area contributed by atoms with Gasteiger partial charge < -0.3 is 4.52 Å². The second-order valence-corrected chi connectivity index (χ2v) is 7.38. The molecule has 9 heteroatoms. The van der Waals surface area contributed by atoms with Crippen LogP contribution in [0.15, 0.2) is 52.3 Å². The fraction of sp³-hybridized carbons (Fsp3) is 0.222. The molecule has 4 rings (SSSR count). The number of nitrogens with zero attached hydrogens (tertiary/aromatic N) is 7. The number of hydrogen-bond acceptors (Lipinski definition) is 8. The zero-order chi connectivity index (χ0) is 18.8. The van der Waals surface area contributed by atoms with E-state index in [0.29, 0.717) is 17.5 Å². The molecule has 0 saturated carbocycles. The summed E-state index contributed by atoms with van der Waals surface area (Å²) >= 11 is 1.51. The average molecular weight is 379 g/mol. The van der Waals surface area contributed by atoms with E-state index in [-0.39, 0.29) is 5.25 Å². The lowest BCUT2D eigenvalue weighted by Gasteiger charge is -2.06. The van der Waals surface area contributed by atoms with Crippen molar-refractivity contribution in [3.05, 3.63) is 60.0 Å². The Bertz CT molecular complexity index is 1040. The highest BCUT2D eigenvalue weighted by molar-refractivity contribution is 7.99. The molecule has 0 fully saturated rings. The number of rotatable bonds is 5. The molecule has 0 N–H and O–H groups in total. The average Bonchev–Trinajstić information content (AvgIpc) is 3.30. The molecule has 4 aromatic heterocycles. The van der Waals surface area contributed by atoms with Crippen molar-refractivity contribution < 1.29 is 4.52 Å². The van der Waals surface area contributed by atoms with E-state index >= 15 is 0 Å². The third-order valence-corrected chi connectivity index (χ3v) is 4.89. The van der Waals surface area contributed by atoms with Crippen molar-refractivity contribution in [3.8, 4) is 17.2 Å². The van der Waals surface area contributed by atoms with Gasteiger partial charge in [0.15, 0.2) is 5.82 Å². The van der Waals surface area contributed by atoms with Gasteiger partial charge in [-0.05, 0) is 51.1 Å². The van der Waals surface area contributed by atoms with E-state index < -0.39 is 0 Å². The molecule has 1 unspecified atom stereocenters. The lowest BCUT2D eigenvalue weighted by Crippen LogP contribution is -2.03. The predicted molar refractivity (Wildman–Crippen MR) is 100 cm³/mol. The van der Waals surface area contributed by atoms with Crippen molar-refractivity contribution in [1.82, 2.24) is 35.1 Å². The first-order chi connectivity index (χ1) is 13.1. The third-order valence-electron chi connectivity index (χ3n) is 3.88. The fourth-order valence-electron chi connectivity index (χ4n) is 2.60. The lowest BCUT2D eigenvalue weighted by molar-refractivity contribution is 0.380. The zero-order valence-electron chi connectivity index (χ0n) is 15.1. The molecule has 136 valence electrons. The van der Waals surface area contributed by atoms with Gasteiger partial charge in [-0.3, -0.25) is 4.98 Å². The highest BCUT2D eigenvalue weighted by Gasteiger charge is 2.17. The van der Waals surface area contributed by atoms with Gasteiger partial charge in [-0.2, -0.15) is 10.1 Å². The monoisotopic (exact) mass is 379 g/mol. The van der Waals surface area contributed by atoms with Gasteiger partial charge in [-0.25, -0.2) is 4.68 Å². The summed E-state index contributed by atoms with van der Waals surface area (Å²) in [6.07, 6.45) is 3.40. The Morgan fingerprint density at radius 3 is 2.56 bits per heavy atom. The first kappa shape index (κ1) is 17.3. The molecule has 0 aliphatic heterocycles. The van der Waals surface area contributed by atoms with Crippen LogP contribution in [0.5, 0.6) is 0 Å². The molecular weight excluding hydrogens is 362 g/mol. The summed E-state index contributed by atoms with van der Waals surface area (Å²) in [5.74, 6) is 1.78. The summed E-state index contributed by atoms with van der Waals surface area (Å²) in [5, 5.41) is 17.7. The smallest absolute Gasteiger partial charge is 0.240 e. The molecule has 27 heavy (non-hydrogen) atoms. The standard InChI is InChI=1S/C18H17N7OS/c1-11-10-12(2)25(23-11)15-4-5-16(22-21-15)27-13(3)18-20-17(24-26-18)14-6-8-19-9-7-14/h4-10,13H,1-3H3. The minimum absolute atomic E-state index is 0.0538. The van der Waals surface area contributed by atoms with Gasteiger partial charge in [0.2, 0.25) is 11.7 Å². The van der Waals surface area contributed by atoms with Crippen LogP contribution in [0, 0.1) is 13.8 Å². The maximum Gasteiger partial charge on any atom is 0.240 e. The van der Waals surface area contributed by atoms with Crippen molar-refractivity contribution in [3.63, 3.8) is 0 Å². The van der Waals surface area contributed by atoms with Crippen LogP contribution >= 0.6 is 11.8 Å². The predicted octanol–water partition coefficient (Wildman–Crippen LogP) is 3.58. The SMILES string of the molecule is Cc1cc(C)n(-c2ccc(SC(C)c3nc(-c4ccncc4)no3)nn2)n1. The van der Waals surface area contributed by atoms with Crippen molar-refractivity contribution in [1.29, 1.82) is 0 Å². The molecule has 0 spiro atoms. The van der Waals surface area contributed by atoms with Gasteiger partial charge in [0.1, 0.15) is 5.03 Å². The first-order valence-electron chi connectivity index (χ1n) is 8.38. The van der Waals surface area contributed by atoms with Crippen LogP contribution in [-0.4, -0.2) is 35.1 Å². The summed E-state index contributed by atoms with van der Waals surface area (Å²) in [6.45, 7) is 5.93. The molecular formula is C18H17N7OS. The van der Waals surface area contributed by atoms with Crippen molar-refractivity contribution in [2.45, 2.75) is 31.0 Å². The number of thioether (sulfide) groups is 1. The van der Waals surface area contributed by atoms with Crippen LogP contribution in [0.2, 0.25) is 0 Å². The van der Waals surface area contributed by atoms with Crippen LogP contribution in [0.4, 0.5) is 0 Å². The first-order valence-corrected chi connectivity index (χ1v) is 9.26. The maximum absolute atomic E-state index is 5.40. The molecule has 0 saturated heterocycles. The van der Waals surface area contributed by atoms with Crippen molar-refractivity contribution in [2.75, 3.05) is 0 Å². The largest absolute Gasteiger partial charge is 0.338 e. The Labute approximate surface area is 160 Å². The second-order valence-electron chi connectivity index (χ2n) is 6.02. The maximum atomic E-state index is 5.40.